The fraction of sp³-hybridized carbons (Fsp3) is 0.103. The van der Waals surface area contributed by atoms with E-state index in [0.717, 1.165) is 49.6 Å². The van der Waals surface area contributed by atoms with Crippen LogP contribution >= 0.6 is 11.3 Å². The lowest BCUT2D eigenvalue weighted by atomic mass is 9.99. The van der Waals surface area contributed by atoms with Crippen molar-refractivity contribution in [2.75, 3.05) is 0 Å². The fourth-order valence-electron chi connectivity index (χ4n) is 4.04. The van der Waals surface area contributed by atoms with Crippen molar-refractivity contribution in [1.29, 1.82) is 0 Å². The van der Waals surface area contributed by atoms with E-state index in [0.29, 0.717) is 0 Å². The summed E-state index contributed by atoms with van der Waals surface area (Å²) in [7, 11) is 0. The number of phenolic OH excluding ortho intramolecular Hbond substituents is 1. The molecule has 0 spiro atoms. The number of aromatic nitrogens is 1. The van der Waals surface area contributed by atoms with Gasteiger partial charge in [0.15, 0.2) is 0 Å². The number of benzene rings is 4. The number of aliphatic imine (C=N–C) groups is 1. The van der Waals surface area contributed by atoms with Crippen LogP contribution in [0, 0.1) is 6.92 Å². The van der Waals surface area contributed by atoms with E-state index in [4.69, 9.17) is 9.98 Å². The third-order valence-corrected chi connectivity index (χ3v) is 6.99. The van der Waals surface area contributed by atoms with Crippen LogP contribution in [-0.2, 0) is 6.42 Å². The molecule has 0 radical (unpaired) electrons. The standard InChI is InChI=1S/C29H24N2OS/c1-3-20-9-4-5-10-21(20)18-30-22-16-15-19(2)25(17-22)23-12-8-13-26-28(23)33-29(31-26)24-11-6-7-14-27(24)32/h4-18,32H,3H2,1-2H3/b30-18+. The second kappa shape index (κ2) is 9.00. The van der Waals surface area contributed by atoms with Crippen molar-refractivity contribution in [3.63, 3.8) is 0 Å². The van der Waals surface area contributed by atoms with Crippen molar-refractivity contribution in [2.24, 2.45) is 4.99 Å². The van der Waals surface area contributed by atoms with E-state index in [9.17, 15) is 5.11 Å². The zero-order valence-electron chi connectivity index (χ0n) is 18.6. The molecular formula is C29H24N2OS. The first-order chi connectivity index (χ1) is 16.1. The number of phenols is 1. The van der Waals surface area contributed by atoms with Gasteiger partial charge in [-0.25, -0.2) is 4.98 Å². The lowest BCUT2D eigenvalue weighted by molar-refractivity contribution is 0.477. The Morgan fingerprint density at radius 1 is 0.879 bits per heavy atom. The number of aryl methyl sites for hydroxylation is 2. The molecule has 0 saturated heterocycles. The fourth-order valence-corrected chi connectivity index (χ4v) is 5.16. The summed E-state index contributed by atoms with van der Waals surface area (Å²) in [6, 6.07) is 28.3. The molecule has 0 aliphatic rings. The predicted molar refractivity (Wildman–Crippen MR) is 140 cm³/mol. The smallest absolute Gasteiger partial charge is 0.128 e. The summed E-state index contributed by atoms with van der Waals surface area (Å²) in [6.45, 7) is 4.29. The molecule has 0 fully saturated rings. The summed E-state index contributed by atoms with van der Waals surface area (Å²) >= 11 is 1.61. The van der Waals surface area contributed by atoms with E-state index >= 15 is 0 Å². The van der Waals surface area contributed by atoms with Gasteiger partial charge in [-0.15, -0.1) is 11.3 Å². The molecule has 0 saturated carbocycles. The van der Waals surface area contributed by atoms with E-state index in [1.54, 1.807) is 17.4 Å². The Bertz CT molecular complexity index is 1480. The molecule has 5 rings (SSSR count). The lowest BCUT2D eigenvalue weighted by Crippen LogP contribution is -1.90. The van der Waals surface area contributed by atoms with Gasteiger partial charge in [0, 0.05) is 11.8 Å². The quantitative estimate of drug-likeness (QED) is 0.277. The van der Waals surface area contributed by atoms with Crippen molar-refractivity contribution in [1.82, 2.24) is 4.98 Å². The van der Waals surface area contributed by atoms with Crippen LogP contribution < -0.4 is 0 Å². The Labute approximate surface area is 197 Å². The van der Waals surface area contributed by atoms with Gasteiger partial charge in [-0.05, 0) is 65.9 Å². The van der Waals surface area contributed by atoms with Gasteiger partial charge in [0.1, 0.15) is 10.8 Å². The normalized spacial score (nSPS) is 11.5. The molecule has 4 aromatic carbocycles. The zero-order chi connectivity index (χ0) is 22.8. The third kappa shape index (κ3) is 4.18. The van der Waals surface area contributed by atoms with Crippen LogP contribution in [0.4, 0.5) is 5.69 Å². The first kappa shape index (κ1) is 21.1. The molecule has 5 aromatic rings. The molecule has 0 bridgehead atoms. The average Bonchev–Trinajstić information content (AvgIpc) is 3.28. The first-order valence-corrected chi connectivity index (χ1v) is 11.9. The minimum atomic E-state index is 0.248. The lowest BCUT2D eigenvalue weighted by Gasteiger charge is -2.08. The molecule has 0 aliphatic carbocycles. The van der Waals surface area contributed by atoms with Crippen molar-refractivity contribution < 1.29 is 5.11 Å². The highest BCUT2D eigenvalue weighted by molar-refractivity contribution is 7.22. The van der Waals surface area contributed by atoms with Gasteiger partial charge < -0.3 is 5.11 Å². The molecular weight excluding hydrogens is 424 g/mol. The highest BCUT2D eigenvalue weighted by Crippen LogP contribution is 2.40. The molecule has 4 heteroatoms. The Kier molecular flexibility index (Phi) is 5.76. The Balaban J connectivity index is 1.57. The Hall–Kier alpha value is -3.76. The molecule has 162 valence electrons. The number of para-hydroxylation sites is 1. The maximum absolute atomic E-state index is 10.3. The molecule has 1 N–H and O–H groups in total. The van der Waals surface area contributed by atoms with Crippen molar-refractivity contribution >= 4 is 33.5 Å². The van der Waals surface area contributed by atoms with Crippen LogP contribution in [0.5, 0.6) is 5.75 Å². The SMILES string of the molecule is CCc1ccccc1/C=N/c1ccc(C)c(-c2cccc3nc(-c4ccccc4O)sc23)c1. The summed E-state index contributed by atoms with van der Waals surface area (Å²) in [5, 5.41) is 11.1. The van der Waals surface area contributed by atoms with Gasteiger partial charge in [-0.1, -0.05) is 61.5 Å². The van der Waals surface area contributed by atoms with Gasteiger partial charge in [-0.2, -0.15) is 0 Å². The van der Waals surface area contributed by atoms with E-state index in [1.807, 2.05) is 42.6 Å². The summed E-state index contributed by atoms with van der Waals surface area (Å²) in [5.74, 6) is 0.248. The highest BCUT2D eigenvalue weighted by atomic mass is 32.1. The topological polar surface area (TPSA) is 45.5 Å². The highest BCUT2D eigenvalue weighted by Gasteiger charge is 2.14. The first-order valence-electron chi connectivity index (χ1n) is 11.0. The molecule has 3 nitrogen and oxygen atoms in total. The van der Waals surface area contributed by atoms with Gasteiger partial charge in [0.2, 0.25) is 0 Å². The third-order valence-electron chi connectivity index (χ3n) is 5.85. The van der Waals surface area contributed by atoms with Gasteiger partial charge in [0.05, 0.1) is 21.5 Å². The van der Waals surface area contributed by atoms with Crippen LogP contribution in [0.3, 0.4) is 0 Å². The molecule has 1 aromatic heterocycles. The molecule has 33 heavy (non-hydrogen) atoms. The maximum Gasteiger partial charge on any atom is 0.128 e. The summed E-state index contributed by atoms with van der Waals surface area (Å²) in [5.41, 5.74) is 8.52. The summed E-state index contributed by atoms with van der Waals surface area (Å²) in [4.78, 5) is 9.59. The van der Waals surface area contributed by atoms with Crippen LogP contribution in [0.15, 0.2) is 89.9 Å². The largest absolute Gasteiger partial charge is 0.507 e. The van der Waals surface area contributed by atoms with Crippen LogP contribution in [-0.4, -0.2) is 16.3 Å². The second-order valence-electron chi connectivity index (χ2n) is 8.00. The zero-order valence-corrected chi connectivity index (χ0v) is 19.4. The van der Waals surface area contributed by atoms with E-state index in [2.05, 4.69) is 56.3 Å². The van der Waals surface area contributed by atoms with Crippen molar-refractivity contribution in [3.05, 3.63) is 102 Å². The molecule has 1 heterocycles. The second-order valence-corrected chi connectivity index (χ2v) is 9.00. The molecule has 0 atom stereocenters. The summed E-state index contributed by atoms with van der Waals surface area (Å²) < 4.78 is 1.11. The minimum Gasteiger partial charge on any atom is -0.507 e. The van der Waals surface area contributed by atoms with E-state index in [-0.39, 0.29) is 5.75 Å². The van der Waals surface area contributed by atoms with Crippen LogP contribution in [0.2, 0.25) is 0 Å². The average molecular weight is 449 g/mol. The van der Waals surface area contributed by atoms with Crippen LogP contribution in [0.25, 0.3) is 31.9 Å². The van der Waals surface area contributed by atoms with E-state index in [1.165, 1.54) is 11.1 Å². The number of aromatic hydroxyl groups is 1. The maximum atomic E-state index is 10.3. The predicted octanol–water partition coefficient (Wildman–Crippen LogP) is 7.96. The van der Waals surface area contributed by atoms with E-state index < -0.39 is 0 Å². The van der Waals surface area contributed by atoms with Crippen molar-refractivity contribution in [2.45, 2.75) is 20.3 Å². The number of thiazole rings is 1. The van der Waals surface area contributed by atoms with Crippen LogP contribution in [0.1, 0.15) is 23.6 Å². The monoisotopic (exact) mass is 448 g/mol. The number of hydrogen-bond acceptors (Lipinski definition) is 4. The van der Waals surface area contributed by atoms with Gasteiger partial charge in [-0.3, -0.25) is 4.99 Å². The summed E-state index contributed by atoms with van der Waals surface area (Å²) in [6.07, 6.45) is 2.94. The molecule has 0 unspecified atom stereocenters. The number of fused-ring (bicyclic) bond motifs is 1. The van der Waals surface area contributed by atoms with Crippen molar-refractivity contribution in [3.8, 4) is 27.4 Å². The molecule has 0 amide bonds. The minimum absolute atomic E-state index is 0.248. The Morgan fingerprint density at radius 3 is 2.52 bits per heavy atom. The van der Waals surface area contributed by atoms with Gasteiger partial charge >= 0.3 is 0 Å². The Morgan fingerprint density at radius 2 is 1.67 bits per heavy atom. The van der Waals surface area contributed by atoms with Gasteiger partial charge in [0.25, 0.3) is 0 Å². The molecule has 0 aliphatic heterocycles. The number of nitrogens with zero attached hydrogens (tertiary/aromatic N) is 2. The number of hydrogen-bond donors (Lipinski definition) is 1. The number of rotatable bonds is 5.